The van der Waals surface area contributed by atoms with Crippen molar-refractivity contribution in [3.63, 3.8) is 0 Å². The Balaban J connectivity index is 1.62. The molecule has 3 nitrogen and oxygen atoms in total. The summed E-state index contributed by atoms with van der Waals surface area (Å²) in [4.78, 5) is 9.04. The molecule has 1 aromatic heterocycles. The average Bonchev–Trinajstić information content (AvgIpc) is 3.18. The third-order valence-corrected chi connectivity index (χ3v) is 5.13. The monoisotopic (exact) mass is 279 g/mol. The van der Waals surface area contributed by atoms with Crippen LogP contribution in [0.5, 0.6) is 0 Å². The number of hydrogen-bond acceptors (Lipinski definition) is 3. The summed E-state index contributed by atoms with van der Waals surface area (Å²) in [5.41, 5.74) is 5.34. The fourth-order valence-corrected chi connectivity index (χ4v) is 3.83. The van der Waals surface area contributed by atoms with E-state index >= 15 is 0 Å². The van der Waals surface area contributed by atoms with Gasteiger partial charge in [0.1, 0.15) is 11.6 Å². The highest BCUT2D eigenvalue weighted by molar-refractivity contribution is 5.52. The van der Waals surface area contributed by atoms with E-state index in [1.807, 2.05) is 6.92 Å². The van der Waals surface area contributed by atoms with Gasteiger partial charge >= 0.3 is 0 Å². The number of rotatable bonds is 2. The standard InChI is InChI=1S/C18H21N3/c1-10-11(2)19-12(3)20-18(10)21-17-15-9-8-13-6-4-5-7-14(13)16(15)17/h4-7,15-17H,8-9H2,1-3H3,(H,19,20,21). The van der Waals surface area contributed by atoms with E-state index in [0.29, 0.717) is 12.0 Å². The van der Waals surface area contributed by atoms with E-state index in [-0.39, 0.29) is 0 Å². The first kappa shape index (κ1) is 12.8. The maximum absolute atomic E-state index is 4.61. The molecule has 0 saturated heterocycles. The Morgan fingerprint density at radius 2 is 1.90 bits per heavy atom. The van der Waals surface area contributed by atoms with Gasteiger partial charge in [-0.3, -0.25) is 0 Å². The van der Waals surface area contributed by atoms with Crippen LogP contribution in [0.2, 0.25) is 0 Å². The fourth-order valence-electron chi connectivity index (χ4n) is 3.83. The molecule has 0 amide bonds. The van der Waals surface area contributed by atoms with Crippen molar-refractivity contribution in [1.29, 1.82) is 0 Å². The molecule has 0 spiro atoms. The first-order valence-corrected chi connectivity index (χ1v) is 7.81. The summed E-state index contributed by atoms with van der Waals surface area (Å²) in [5.74, 6) is 3.32. The zero-order valence-corrected chi connectivity index (χ0v) is 12.9. The molecule has 0 bridgehead atoms. The number of hydrogen-bond donors (Lipinski definition) is 1. The predicted octanol–water partition coefficient (Wildman–Crippen LogP) is 3.54. The van der Waals surface area contributed by atoms with Crippen LogP contribution in [-0.2, 0) is 6.42 Å². The number of anilines is 1. The van der Waals surface area contributed by atoms with Crippen LogP contribution in [0, 0.1) is 26.7 Å². The maximum atomic E-state index is 4.61. The molecule has 3 atom stereocenters. The summed E-state index contributed by atoms with van der Waals surface area (Å²) in [7, 11) is 0. The summed E-state index contributed by atoms with van der Waals surface area (Å²) in [5, 5.41) is 3.70. The van der Waals surface area contributed by atoms with Gasteiger partial charge in [-0.25, -0.2) is 9.97 Å². The fraction of sp³-hybridized carbons (Fsp3) is 0.444. The van der Waals surface area contributed by atoms with E-state index in [9.17, 15) is 0 Å². The van der Waals surface area contributed by atoms with Crippen LogP contribution in [-0.4, -0.2) is 16.0 Å². The average molecular weight is 279 g/mol. The van der Waals surface area contributed by atoms with Crippen LogP contribution < -0.4 is 5.32 Å². The van der Waals surface area contributed by atoms with Crippen molar-refractivity contribution >= 4 is 5.82 Å². The highest BCUT2D eigenvalue weighted by Gasteiger charge is 2.53. The third kappa shape index (κ3) is 2.03. The molecule has 108 valence electrons. The van der Waals surface area contributed by atoms with Crippen LogP contribution in [0.4, 0.5) is 5.82 Å². The van der Waals surface area contributed by atoms with Crippen LogP contribution in [0.25, 0.3) is 0 Å². The van der Waals surface area contributed by atoms with Crippen LogP contribution in [0.1, 0.15) is 40.5 Å². The van der Waals surface area contributed by atoms with Gasteiger partial charge in [0.25, 0.3) is 0 Å². The van der Waals surface area contributed by atoms with Crippen LogP contribution in [0.15, 0.2) is 24.3 Å². The van der Waals surface area contributed by atoms with Gasteiger partial charge in [-0.2, -0.15) is 0 Å². The molecule has 3 heteroatoms. The lowest BCUT2D eigenvalue weighted by Crippen LogP contribution is -2.11. The molecule has 1 fully saturated rings. The van der Waals surface area contributed by atoms with E-state index in [2.05, 4.69) is 53.4 Å². The van der Waals surface area contributed by atoms with Gasteiger partial charge in [0, 0.05) is 23.2 Å². The molecule has 2 aliphatic carbocycles. The first-order chi connectivity index (χ1) is 10.1. The van der Waals surface area contributed by atoms with Gasteiger partial charge in [0.2, 0.25) is 0 Å². The molecular weight excluding hydrogens is 258 g/mol. The number of benzene rings is 1. The van der Waals surface area contributed by atoms with Crippen molar-refractivity contribution in [1.82, 2.24) is 9.97 Å². The molecule has 0 radical (unpaired) electrons. The number of fused-ring (bicyclic) bond motifs is 3. The Morgan fingerprint density at radius 1 is 1.10 bits per heavy atom. The number of aryl methyl sites for hydroxylation is 3. The smallest absolute Gasteiger partial charge is 0.133 e. The number of nitrogens with one attached hydrogen (secondary N) is 1. The lowest BCUT2D eigenvalue weighted by Gasteiger charge is -2.13. The van der Waals surface area contributed by atoms with E-state index in [4.69, 9.17) is 0 Å². The zero-order chi connectivity index (χ0) is 14.6. The van der Waals surface area contributed by atoms with Crippen molar-refractivity contribution in [2.45, 2.75) is 45.6 Å². The topological polar surface area (TPSA) is 37.8 Å². The highest BCUT2D eigenvalue weighted by atomic mass is 15.1. The number of aromatic nitrogens is 2. The Morgan fingerprint density at radius 3 is 2.76 bits per heavy atom. The number of nitrogens with zero attached hydrogens (tertiary/aromatic N) is 2. The first-order valence-electron chi connectivity index (χ1n) is 7.81. The van der Waals surface area contributed by atoms with Crippen molar-refractivity contribution in [2.75, 3.05) is 5.32 Å². The second-order valence-corrected chi connectivity index (χ2v) is 6.43. The summed E-state index contributed by atoms with van der Waals surface area (Å²) in [6.07, 6.45) is 2.51. The Kier molecular flexibility index (Phi) is 2.78. The Labute approximate surface area is 125 Å². The molecular formula is C18H21N3. The minimum atomic E-state index is 0.543. The second kappa shape index (κ2) is 4.55. The van der Waals surface area contributed by atoms with Gasteiger partial charge in [-0.05, 0) is 50.7 Å². The van der Waals surface area contributed by atoms with E-state index in [0.717, 1.165) is 23.3 Å². The van der Waals surface area contributed by atoms with E-state index in [1.54, 1.807) is 5.56 Å². The van der Waals surface area contributed by atoms with E-state index in [1.165, 1.54) is 24.0 Å². The predicted molar refractivity (Wildman–Crippen MR) is 84.6 cm³/mol. The zero-order valence-electron chi connectivity index (χ0n) is 12.9. The van der Waals surface area contributed by atoms with Crippen molar-refractivity contribution in [3.8, 4) is 0 Å². The highest BCUT2D eigenvalue weighted by Crippen LogP contribution is 2.55. The van der Waals surface area contributed by atoms with Gasteiger partial charge in [-0.15, -0.1) is 0 Å². The molecule has 1 N–H and O–H groups in total. The minimum absolute atomic E-state index is 0.543. The lowest BCUT2D eigenvalue weighted by atomic mass is 9.92. The molecule has 1 aromatic carbocycles. The van der Waals surface area contributed by atoms with Crippen molar-refractivity contribution in [2.24, 2.45) is 5.92 Å². The quantitative estimate of drug-likeness (QED) is 0.913. The largest absolute Gasteiger partial charge is 0.366 e. The lowest BCUT2D eigenvalue weighted by molar-refractivity contribution is 0.661. The molecule has 3 unspecified atom stereocenters. The van der Waals surface area contributed by atoms with Crippen LogP contribution >= 0.6 is 0 Å². The molecule has 21 heavy (non-hydrogen) atoms. The van der Waals surface area contributed by atoms with Gasteiger partial charge in [0.05, 0.1) is 0 Å². The minimum Gasteiger partial charge on any atom is -0.366 e. The maximum Gasteiger partial charge on any atom is 0.133 e. The van der Waals surface area contributed by atoms with Crippen molar-refractivity contribution < 1.29 is 0 Å². The Hall–Kier alpha value is -1.90. The van der Waals surface area contributed by atoms with Gasteiger partial charge in [-0.1, -0.05) is 24.3 Å². The summed E-state index contributed by atoms with van der Waals surface area (Å²) in [6.45, 7) is 6.13. The summed E-state index contributed by atoms with van der Waals surface area (Å²) >= 11 is 0. The summed E-state index contributed by atoms with van der Waals surface area (Å²) < 4.78 is 0. The molecule has 2 aromatic rings. The van der Waals surface area contributed by atoms with E-state index < -0.39 is 0 Å². The van der Waals surface area contributed by atoms with Crippen LogP contribution in [0.3, 0.4) is 0 Å². The molecule has 1 saturated carbocycles. The third-order valence-electron chi connectivity index (χ3n) is 5.13. The molecule has 1 heterocycles. The van der Waals surface area contributed by atoms with Crippen molar-refractivity contribution in [3.05, 3.63) is 52.5 Å². The SMILES string of the molecule is Cc1nc(C)c(C)c(NC2C3CCc4ccccc4C32)n1. The molecule has 0 aliphatic heterocycles. The normalized spacial score (nSPS) is 26.0. The Bertz CT molecular complexity index is 708. The molecule has 4 rings (SSSR count). The molecule has 2 aliphatic rings. The summed E-state index contributed by atoms with van der Waals surface area (Å²) in [6, 6.07) is 9.45. The second-order valence-electron chi connectivity index (χ2n) is 6.43. The van der Waals surface area contributed by atoms with Gasteiger partial charge < -0.3 is 5.32 Å². The van der Waals surface area contributed by atoms with Gasteiger partial charge in [0.15, 0.2) is 0 Å².